The predicted molar refractivity (Wildman–Crippen MR) is 115 cm³/mol. The number of carbonyl (C=O) groups excluding carboxylic acids is 2. The van der Waals surface area contributed by atoms with Gasteiger partial charge in [-0.3, -0.25) is 14.9 Å². The van der Waals surface area contributed by atoms with Crippen LogP contribution in [0.3, 0.4) is 0 Å². The maximum Gasteiger partial charge on any atom is 0.338 e. The lowest BCUT2D eigenvalue weighted by Gasteiger charge is -2.56. The SMILES string of the molecule is O=C(COC(=O)c1ccc(N2CCOCC2)c([N+](=O)[O-])c1)NC12CC3CC(CC(C3)C1)C2. The molecule has 1 aliphatic heterocycles. The number of esters is 1. The summed E-state index contributed by atoms with van der Waals surface area (Å²) >= 11 is 0. The molecule has 1 N–H and O–H groups in total. The molecule has 9 nitrogen and oxygen atoms in total. The molecule has 1 aromatic rings. The van der Waals surface area contributed by atoms with Crippen LogP contribution in [0.2, 0.25) is 0 Å². The average molecular weight is 444 g/mol. The summed E-state index contributed by atoms with van der Waals surface area (Å²) in [6, 6.07) is 4.30. The summed E-state index contributed by atoms with van der Waals surface area (Å²) in [6.07, 6.45) is 6.91. The zero-order valence-electron chi connectivity index (χ0n) is 18.1. The van der Waals surface area contributed by atoms with Crippen LogP contribution in [0.5, 0.6) is 0 Å². The van der Waals surface area contributed by atoms with E-state index in [9.17, 15) is 19.7 Å². The Bertz CT molecular complexity index is 891. The lowest BCUT2D eigenvalue weighted by Crippen LogP contribution is -2.60. The molecule has 1 heterocycles. The number of nitrogens with zero attached hydrogens (tertiary/aromatic N) is 2. The number of ether oxygens (including phenoxy) is 2. The van der Waals surface area contributed by atoms with Gasteiger partial charge in [0.1, 0.15) is 5.69 Å². The molecule has 4 bridgehead atoms. The molecule has 32 heavy (non-hydrogen) atoms. The minimum atomic E-state index is -0.734. The van der Waals surface area contributed by atoms with E-state index in [1.54, 1.807) is 6.07 Å². The van der Waals surface area contributed by atoms with Crippen LogP contribution in [-0.4, -0.2) is 55.2 Å². The highest BCUT2D eigenvalue weighted by atomic mass is 16.6. The van der Waals surface area contributed by atoms with Gasteiger partial charge in [-0.1, -0.05) is 0 Å². The third-order valence-electron chi connectivity index (χ3n) is 7.54. The highest BCUT2D eigenvalue weighted by Crippen LogP contribution is 2.55. The first-order valence-corrected chi connectivity index (χ1v) is 11.5. The molecule has 1 saturated heterocycles. The van der Waals surface area contributed by atoms with E-state index in [-0.39, 0.29) is 29.3 Å². The molecule has 172 valence electrons. The van der Waals surface area contributed by atoms with Crippen molar-refractivity contribution in [1.82, 2.24) is 5.32 Å². The van der Waals surface area contributed by atoms with Crippen molar-refractivity contribution in [2.75, 3.05) is 37.8 Å². The number of nitro benzene ring substituents is 1. The van der Waals surface area contributed by atoms with E-state index in [4.69, 9.17) is 9.47 Å². The summed E-state index contributed by atoms with van der Waals surface area (Å²) in [4.78, 5) is 38.1. The van der Waals surface area contributed by atoms with Gasteiger partial charge in [0.2, 0.25) is 0 Å². The van der Waals surface area contributed by atoms with E-state index in [1.807, 2.05) is 4.90 Å². The van der Waals surface area contributed by atoms with Crippen LogP contribution < -0.4 is 10.2 Å². The number of benzene rings is 1. The van der Waals surface area contributed by atoms with Crippen molar-refractivity contribution < 1.29 is 24.0 Å². The van der Waals surface area contributed by atoms with Crippen LogP contribution >= 0.6 is 0 Å². The Labute approximate surface area is 186 Å². The molecular formula is C23H29N3O6. The van der Waals surface area contributed by atoms with Crippen LogP contribution in [0, 0.1) is 27.9 Å². The van der Waals surface area contributed by atoms with Gasteiger partial charge < -0.3 is 19.7 Å². The second-order valence-corrected chi connectivity index (χ2v) is 9.88. The average Bonchev–Trinajstić information content (AvgIpc) is 2.76. The number of nitro groups is 1. The molecule has 0 unspecified atom stereocenters. The lowest BCUT2D eigenvalue weighted by molar-refractivity contribution is -0.384. The quantitative estimate of drug-likeness (QED) is 0.409. The van der Waals surface area contributed by atoms with Crippen molar-refractivity contribution in [3.63, 3.8) is 0 Å². The molecule has 0 aromatic heterocycles. The third-order valence-corrected chi connectivity index (χ3v) is 7.54. The Balaban J connectivity index is 1.21. The Kier molecular flexibility index (Phi) is 5.53. The van der Waals surface area contributed by atoms with E-state index in [0.29, 0.717) is 49.7 Å². The van der Waals surface area contributed by atoms with Gasteiger partial charge in [0.25, 0.3) is 11.6 Å². The normalized spacial score (nSPS) is 30.8. The molecule has 1 aromatic carbocycles. The molecule has 1 amide bonds. The molecule has 4 saturated carbocycles. The van der Waals surface area contributed by atoms with E-state index < -0.39 is 10.9 Å². The van der Waals surface area contributed by atoms with E-state index in [2.05, 4.69) is 5.32 Å². The van der Waals surface area contributed by atoms with Gasteiger partial charge in [-0.15, -0.1) is 0 Å². The molecular weight excluding hydrogens is 414 g/mol. The highest BCUT2D eigenvalue weighted by Gasteiger charge is 2.51. The molecule has 9 heteroatoms. The fourth-order valence-corrected chi connectivity index (χ4v) is 6.68. The van der Waals surface area contributed by atoms with Crippen molar-refractivity contribution in [2.24, 2.45) is 17.8 Å². The molecule has 0 atom stereocenters. The zero-order valence-corrected chi connectivity index (χ0v) is 18.1. The summed E-state index contributed by atoms with van der Waals surface area (Å²) in [5, 5.41) is 14.8. The summed E-state index contributed by atoms with van der Waals surface area (Å²) in [7, 11) is 0. The Hall–Kier alpha value is -2.68. The Morgan fingerprint density at radius 3 is 2.34 bits per heavy atom. The second kappa shape index (κ2) is 8.35. The maximum atomic E-state index is 12.6. The van der Waals surface area contributed by atoms with Gasteiger partial charge in [0.15, 0.2) is 6.61 Å². The number of amides is 1. The maximum absolute atomic E-state index is 12.6. The van der Waals surface area contributed by atoms with Crippen molar-refractivity contribution in [2.45, 2.75) is 44.1 Å². The van der Waals surface area contributed by atoms with Crippen molar-refractivity contribution in [3.8, 4) is 0 Å². The molecule has 4 aliphatic carbocycles. The summed E-state index contributed by atoms with van der Waals surface area (Å²) < 4.78 is 10.5. The number of rotatable bonds is 6. The minimum Gasteiger partial charge on any atom is -0.452 e. The first kappa shape index (κ1) is 21.2. The van der Waals surface area contributed by atoms with Crippen LogP contribution in [0.25, 0.3) is 0 Å². The highest BCUT2D eigenvalue weighted by molar-refractivity contribution is 5.93. The second-order valence-electron chi connectivity index (χ2n) is 9.88. The Morgan fingerprint density at radius 2 is 1.75 bits per heavy atom. The van der Waals surface area contributed by atoms with E-state index in [1.165, 1.54) is 31.4 Å². The van der Waals surface area contributed by atoms with Gasteiger partial charge in [-0.2, -0.15) is 0 Å². The number of hydrogen-bond donors (Lipinski definition) is 1. The largest absolute Gasteiger partial charge is 0.452 e. The fourth-order valence-electron chi connectivity index (χ4n) is 6.68. The van der Waals surface area contributed by atoms with Gasteiger partial charge in [-0.25, -0.2) is 4.79 Å². The topological polar surface area (TPSA) is 111 Å². The number of nitrogens with one attached hydrogen (secondary N) is 1. The van der Waals surface area contributed by atoms with Crippen molar-refractivity contribution in [3.05, 3.63) is 33.9 Å². The zero-order chi connectivity index (χ0) is 22.3. The number of anilines is 1. The van der Waals surface area contributed by atoms with Gasteiger partial charge in [0, 0.05) is 24.7 Å². The summed E-state index contributed by atoms with van der Waals surface area (Å²) in [5.74, 6) is 1.08. The third kappa shape index (κ3) is 4.18. The number of morpholine rings is 1. The Morgan fingerprint density at radius 1 is 1.12 bits per heavy atom. The number of carbonyl (C=O) groups is 2. The smallest absolute Gasteiger partial charge is 0.338 e. The molecule has 0 spiro atoms. The van der Waals surface area contributed by atoms with Gasteiger partial charge in [-0.05, 0) is 68.4 Å². The molecule has 5 fully saturated rings. The monoisotopic (exact) mass is 443 g/mol. The lowest BCUT2D eigenvalue weighted by atomic mass is 9.53. The summed E-state index contributed by atoms with van der Waals surface area (Å²) in [6.45, 7) is 1.73. The van der Waals surface area contributed by atoms with Crippen LogP contribution in [0.15, 0.2) is 18.2 Å². The first-order valence-electron chi connectivity index (χ1n) is 11.5. The van der Waals surface area contributed by atoms with Gasteiger partial charge in [0.05, 0.1) is 23.7 Å². The van der Waals surface area contributed by atoms with Crippen LogP contribution in [0.1, 0.15) is 48.9 Å². The molecule has 0 radical (unpaired) electrons. The molecule has 6 rings (SSSR count). The standard InChI is InChI=1S/C23H29N3O6/c27-21(24-23-11-15-7-16(12-23)9-17(8-15)13-23)14-32-22(28)18-1-2-19(20(10-18)26(29)30)25-3-5-31-6-4-25/h1-2,10,15-17H,3-9,11-14H2,(H,24,27). The summed E-state index contributed by atoms with van der Waals surface area (Å²) in [5.41, 5.74) is 0.224. The van der Waals surface area contributed by atoms with E-state index >= 15 is 0 Å². The minimum absolute atomic E-state index is 0.0660. The van der Waals surface area contributed by atoms with Crippen molar-refractivity contribution in [1.29, 1.82) is 0 Å². The number of hydrogen-bond acceptors (Lipinski definition) is 7. The predicted octanol–water partition coefficient (Wildman–Crippen LogP) is 2.67. The van der Waals surface area contributed by atoms with Crippen LogP contribution in [-0.2, 0) is 14.3 Å². The van der Waals surface area contributed by atoms with Crippen LogP contribution in [0.4, 0.5) is 11.4 Å². The fraction of sp³-hybridized carbons (Fsp3) is 0.652. The van der Waals surface area contributed by atoms with Gasteiger partial charge >= 0.3 is 5.97 Å². The van der Waals surface area contributed by atoms with E-state index in [0.717, 1.165) is 19.3 Å². The van der Waals surface area contributed by atoms with Crippen molar-refractivity contribution >= 4 is 23.3 Å². The first-order chi connectivity index (χ1) is 15.4. The molecule has 5 aliphatic rings.